The average Bonchev–Trinajstić information content (AvgIpc) is 3.71. The van der Waals surface area contributed by atoms with Gasteiger partial charge in [0, 0.05) is 68.1 Å². The van der Waals surface area contributed by atoms with Crippen molar-refractivity contribution in [2.24, 2.45) is 0 Å². The highest BCUT2D eigenvalue weighted by Gasteiger charge is 2.21. The second kappa shape index (κ2) is 10.5. The lowest BCUT2D eigenvalue weighted by atomic mass is 9.96. The Morgan fingerprint density at radius 3 is 1.89 bits per heavy atom. The molecule has 0 fully saturated rings. The van der Waals surface area contributed by atoms with E-state index < -0.39 is 0 Å². The highest BCUT2D eigenvalue weighted by Crippen LogP contribution is 2.50. The Bertz CT molecular complexity index is 2810. The summed E-state index contributed by atoms with van der Waals surface area (Å²) in [6.45, 7) is 0. The van der Waals surface area contributed by atoms with Gasteiger partial charge in [-0.2, -0.15) is 0 Å². The number of hydrogen-bond acceptors (Lipinski definition) is 3. The summed E-state index contributed by atoms with van der Waals surface area (Å²) in [6, 6.07) is 60.0. The Balaban J connectivity index is 1.30. The summed E-state index contributed by atoms with van der Waals surface area (Å²) >= 11 is 3.81. The molecule has 1 nitrogen and oxygen atoms in total. The van der Waals surface area contributed by atoms with E-state index in [0.29, 0.717) is 0 Å². The normalized spacial score (nSPS) is 11.8. The first kappa shape index (κ1) is 26.7. The van der Waals surface area contributed by atoms with Gasteiger partial charge in [-0.05, 0) is 58.8 Å². The van der Waals surface area contributed by atoms with Gasteiger partial charge >= 0.3 is 0 Å². The van der Waals surface area contributed by atoms with Crippen LogP contribution in [0.2, 0.25) is 0 Å². The van der Waals surface area contributed by atoms with E-state index in [4.69, 9.17) is 0 Å². The van der Waals surface area contributed by atoms with Gasteiger partial charge < -0.3 is 4.90 Å². The number of hydrogen-bond donors (Lipinski definition) is 0. The molecule has 0 aliphatic heterocycles. The van der Waals surface area contributed by atoms with Crippen LogP contribution in [0.15, 0.2) is 164 Å². The second-order valence-corrected chi connectivity index (χ2v) is 14.2. The summed E-state index contributed by atoms with van der Waals surface area (Å²) in [4.78, 5) is 2.44. The maximum atomic E-state index is 2.45. The molecular weight excluding hydrogens is 607 g/mol. The SMILES string of the molecule is c1ccc(N(c2ccc3ccccc3c2)c2cc3c(sc4cccc(-c5cccc6c5sc5ccccc56)c43)c3ccccc23)cc1. The van der Waals surface area contributed by atoms with Crippen LogP contribution < -0.4 is 4.90 Å². The average molecular weight is 634 g/mol. The van der Waals surface area contributed by atoms with Gasteiger partial charge in [0.15, 0.2) is 0 Å². The van der Waals surface area contributed by atoms with Crippen molar-refractivity contribution in [3.8, 4) is 11.1 Å². The van der Waals surface area contributed by atoms with E-state index in [2.05, 4.69) is 169 Å². The molecule has 8 aromatic carbocycles. The lowest BCUT2D eigenvalue weighted by Gasteiger charge is -2.27. The summed E-state index contributed by atoms with van der Waals surface area (Å²) in [5, 5.41) is 10.3. The standard InChI is InChI=1S/C44H27NS2/c1-2-14-30(15-3-1)45(31-25-24-28-12-4-5-13-29(28)26-31)39-27-38-42-34(19-11-23-41(42)47-44(38)35-18-7-6-16-32(35)39)37-21-10-20-36-33-17-8-9-22-40(33)46-43(36)37/h1-27H. The third-order valence-electron chi connectivity index (χ3n) is 9.42. The molecule has 0 aliphatic carbocycles. The van der Waals surface area contributed by atoms with E-state index in [-0.39, 0.29) is 0 Å². The Labute approximate surface area is 280 Å². The van der Waals surface area contributed by atoms with Crippen molar-refractivity contribution in [1.29, 1.82) is 0 Å². The number of para-hydroxylation sites is 1. The van der Waals surface area contributed by atoms with Crippen LogP contribution >= 0.6 is 22.7 Å². The van der Waals surface area contributed by atoms with Crippen LogP contribution in [0.5, 0.6) is 0 Å². The summed E-state index contributed by atoms with van der Waals surface area (Å²) in [5.41, 5.74) is 6.07. The smallest absolute Gasteiger partial charge is 0.0547 e. The van der Waals surface area contributed by atoms with Crippen molar-refractivity contribution in [2.75, 3.05) is 4.90 Å². The van der Waals surface area contributed by atoms with E-state index in [1.807, 2.05) is 22.7 Å². The predicted octanol–water partition coefficient (Wildman–Crippen LogP) is 13.9. The largest absolute Gasteiger partial charge is 0.310 e. The first-order chi connectivity index (χ1) is 23.3. The van der Waals surface area contributed by atoms with Crippen LogP contribution in [0.4, 0.5) is 17.1 Å². The molecule has 0 saturated carbocycles. The van der Waals surface area contributed by atoms with Crippen molar-refractivity contribution in [2.45, 2.75) is 0 Å². The Kier molecular flexibility index (Phi) is 5.98. The van der Waals surface area contributed by atoms with Gasteiger partial charge in [0.1, 0.15) is 0 Å². The maximum Gasteiger partial charge on any atom is 0.0547 e. The molecule has 3 heteroatoms. The van der Waals surface area contributed by atoms with Crippen LogP contribution in [0, 0.1) is 0 Å². The molecule has 0 radical (unpaired) electrons. The van der Waals surface area contributed by atoms with E-state index in [1.165, 1.54) is 78.7 Å². The molecule has 0 spiro atoms. The zero-order valence-electron chi connectivity index (χ0n) is 25.4. The quantitative estimate of drug-likeness (QED) is 0.186. The van der Waals surface area contributed by atoms with Crippen molar-refractivity contribution >= 4 is 102 Å². The van der Waals surface area contributed by atoms with Crippen LogP contribution in [0.3, 0.4) is 0 Å². The zero-order valence-corrected chi connectivity index (χ0v) is 27.0. The zero-order chi connectivity index (χ0) is 30.9. The van der Waals surface area contributed by atoms with Crippen LogP contribution in [-0.2, 0) is 0 Å². The molecule has 0 amide bonds. The molecule has 2 heterocycles. The van der Waals surface area contributed by atoms with Gasteiger partial charge in [-0.3, -0.25) is 0 Å². The van der Waals surface area contributed by atoms with E-state index in [9.17, 15) is 0 Å². The van der Waals surface area contributed by atoms with E-state index in [0.717, 1.165) is 11.4 Å². The minimum atomic E-state index is 1.14. The summed E-state index contributed by atoms with van der Waals surface area (Å²) in [7, 11) is 0. The number of nitrogens with zero attached hydrogens (tertiary/aromatic N) is 1. The number of rotatable bonds is 4. The summed E-state index contributed by atoms with van der Waals surface area (Å²) < 4.78 is 5.33. The number of fused-ring (bicyclic) bond motifs is 9. The number of anilines is 3. The molecule has 220 valence electrons. The third kappa shape index (κ3) is 4.14. The molecule has 0 N–H and O–H groups in total. The molecule has 10 rings (SSSR count). The first-order valence-corrected chi connectivity index (χ1v) is 17.6. The fourth-order valence-corrected chi connectivity index (χ4v) is 9.80. The minimum absolute atomic E-state index is 1.14. The molecule has 0 bridgehead atoms. The molecule has 0 saturated heterocycles. The summed E-state index contributed by atoms with van der Waals surface area (Å²) in [6.07, 6.45) is 0. The van der Waals surface area contributed by atoms with Crippen molar-refractivity contribution in [1.82, 2.24) is 0 Å². The van der Waals surface area contributed by atoms with Gasteiger partial charge in [-0.1, -0.05) is 121 Å². The second-order valence-electron chi connectivity index (χ2n) is 12.1. The Morgan fingerprint density at radius 2 is 1.00 bits per heavy atom. The lowest BCUT2D eigenvalue weighted by Crippen LogP contribution is -2.10. The Hall–Kier alpha value is -5.48. The van der Waals surface area contributed by atoms with E-state index in [1.54, 1.807) is 0 Å². The van der Waals surface area contributed by atoms with Gasteiger partial charge in [0.2, 0.25) is 0 Å². The van der Waals surface area contributed by atoms with Crippen LogP contribution in [0.1, 0.15) is 0 Å². The molecule has 2 aromatic heterocycles. The topological polar surface area (TPSA) is 3.24 Å². The first-order valence-electron chi connectivity index (χ1n) is 15.9. The van der Waals surface area contributed by atoms with Crippen LogP contribution in [0.25, 0.3) is 73.0 Å². The molecule has 0 aliphatic rings. The third-order valence-corrected chi connectivity index (χ3v) is 11.8. The molecule has 0 unspecified atom stereocenters. The van der Waals surface area contributed by atoms with Gasteiger partial charge in [0.25, 0.3) is 0 Å². The number of thiophene rings is 2. The highest BCUT2D eigenvalue weighted by molar-refractivity contribution is 7.27. The van der Waals surface area contributed by atoms with Crippen molar-refractivity contribution in [3.05, 3.63) is 164 Å². The monoisotopic (exact) mass is 633 g/mol. The Morgan fingerprint density at radius 1 is 0.362 bits per heavy atom. The van der Waals surface area contributed by atoms with Gasteiger partial charge in [-0.25, -0.2) is 0 Å². The minimum Gasteiger partial charge on any atom is -0.310 e. The van der Waals surface area contributed by atoms with Crippen molar-refractivity contribution in [3.63, 3.8) is 0 Å². The fraction of sp³-hybridized carbons (Fsp3) is 0. The molecule has 47 heavy (non-hydrogen) atoms. The van der Waals surface area contributed by atoms with Crippen molar-refractivity contribution < 1.29 is 0 Å². The van der Waals surface area contributed by atoms with Gasteiger partial charge in [0.05, 0.1) is 5.69 Å². The van der Waals surface area contributed by atoms with Gasteiger partial charge in [-0.15, -0.1) is 22.7 Å². The lowest BCUT2D eigenvalue weighted by molar-refractivity contribution is 1.31. The predicted molar refractivity (Wildman–Crippen MR) is 207 cm³/mol. The molecule has 0 atom stereocenters. The fourth-order valence-electron chi connectivity index (χ4n) is 7.32. The summed E-state index contributed by atoms with van der Waals surface area (Å²) in [5.74, 6) is 0. The molecular formula is C44H27NS2. The van der Waals surface area contributed by atoms with Crippen LogP contribution in [-0.4, -0.2) is 0 Å². The highest BCUT2D eigenvalue weighted by atomic mass is 32.1. The number of benzene rings is 8. The molecule has 10 aromatic rings. The maximum absolute atomic E-state index is 2.45. The van der Waals surface area contributed by atoms with E-state index >= 15 is 0 Å².